The molecule has 0 atom stereocenters. The number of pyridine rings is 1. The van der Waals surface area contributed by atoms with Gasteiger partial charge in [0.25, 0.3) is 0 Å². The third-order valence-electron chi connectivity index (χ3n) is 3.11. The first-order valence-corrected chi connectivity index (χ1v) is 5.16. The maximum atomic E-state index is 4.53. The van der Waals surface area contributed by atoms with Crippen LogP contribution in [0.3, 0.4) is 0 Å². The summed E-state index contributed by atoms with van der Waals surface area (Å²) < 4.78 is 0. The summed E-state index contributed by atoms with van der Waals surface area (Å²) in [6.45, 7) is 2.09. The second-order valence-electron chi connectivity index (χ2n) is 4.08. The highest BCUT2D eigenvalue weighted by atomic mass is 15.0. The van der Waals surface area contributed by atoms with E-state index in [-0.39, 0.29) is 0 Å². The van der Waals surface area contributed by atoms with E-state index in [0.29, 0.717) is 5.92 Å². The largest absolute Gasteiger partial charge is 0.340 e. The molecule has 72 valence electrons. The molecule has 1 N–H and O–H groups in total. The van der Waals surface area contributed by atoms with Gasteiger partial charge in [-0.3, -0.25) is 0 Å². The van der Waals surface area contributed by atoms with Crippen LogP contribution in [0, 0.1) is 6.92 Å². The van der Waals surface area contributed by atoms with Crippen LogP contribution >= 0.6 is 0 Å². The molecule has 3 rings (SSSR count). The van der Waals surface area contributed by atoms with E-state index in [9.17, 15) is 0 Å². The van der Waals surface area contributed by atoms with Gasteiger partial charge in [-0.15, -0.1) is 0 Å². The molecule has 0 unspecified atom stereocenters. The van der Waals surface area contributed by atoms with E-state index in [1.807, 2.05) is 12.3 Å². The first-order chi connectivity index (χ1) is 6.84. The minimum Gasteiger partial charge on any atom is -0.340 e. The third-order valence-corrected chi connectivity index (χ3v) is 3.11. The van der Waals surface area contributed by atoms with Crippen LogP contribution in [0.15, 0.2) is 12.3 Å². The van der Waals surface area contributed by atoms with Crippen molar-refractivity contribution >= 4 is 11.2 Å². The molecule has 0 aliphatic heterocycles. The van der Waals surface area contributed by atoms with E-state index >= 15 is 0 Å². The number of H-pyrrole nitrogens is 1. The lowest BCUT2D eigenvalue weighted by molar-refractivity contribution is 0.404. The molecule has 2 aromatic rings. The fourth-order valence-electron chi connectivity index (χ4n) is 1.93. The van der Waals surface area contributed by atoms with Crippen LogP contribution in [0.25, 0.3) is 11.2 Å². The lowest BCUT2D eigenvalue weighted by atomic mass is 9.85. The van der Waals surface area contributed by atoms with Crippen molar-refractivity contribution in [2.45, 2.75) is 32.1 Å². The van der Waals surface area contributed by atoms with Crippen molar-refractivity contribution in [2.75, 3.05) is 0 Å². The summed E-state index contributed by atoms with van der Waals surface area (Å²) in [5.41, 5.74) is 3.20. The fourth-order valence-corrected chi connectivity index (χ4v) is 1.93. The number of fused-ring (bicyclic) bond motifs is 1. The van der Waals surface area contributed by atoms with Gasteiger partial charge in [0.15, 0.2) is 5.65 Å². The first-order valence-electron chi connectivity index (χ1n) is 5.16. The Kier molecular flexibility index (Phi) is 1.60. The number of aryl methyl sites for hydroxylation is 1. The van der Waals surface area contributed by atoms with Crippen LogP contribution in [0.1, 0.15) is 36.6 Å². The van der Waals surface area contributed by atoms with E-state index in [4.69, 9.17) is 0 Å². The molecule has 0 saturated heterocycles. The number of nitrogens with zero attached hydrogens (tertiary/aromatic N) is 2. The molecule has 0 amide bonds. The lowest BCUT2D eigenvalue weighted by Gasteiger charge is -2.22. The Morgan fingerprint density at radius 3 is 2.93 bits per heavy atom. The molecule has 3 heteroatoms. The monoisotopic (exact) mass is 187 g/mol. The molecule has 1 saturated carbocycles. The second kappa shape index (κ2) is 2.80. The van der Waals surface area contributed by atoms with Crippen molar-refractivity contribution in [2.24, 2.45) is 0 Å². The minimum absolute atomic E-state index is 0.656. The highest BCUT2D eigenvalue weighted by Gasteiger charge is 2.22. The van der Waals surface area contributed by atoms with Crippen LogP contribution in [0.5, 0.6) is 0 Å². The average Bonchev–Trinajstić information content (AvgIpc) is 2.46. The van der Waals surface area contributed by atoms with E-state index in [1.165, 1.54) is 24.8 Å². The van der Waals surface area contributed by atoms with Gasteiger partial charge in [0.05, 0.1) is 5.52 Å². The standard InChI is InChI=1S/C11H13N3/c1-7-5-6-12-11-9(7)13-10(14-11)8-3-2-4-8/h5-6,8H,2-4H2,1H3,(H,12,13,14). The van der Waals surface area contributed by atoms with Crippen LogP contribution in [-0.2, 0) is 0 Å². The highest BCUT2D eigenvalue weighted by Crippen LogP contribution is 2.35. The van der Waals surface area contributed by atoms with Crippen LogP contribution in [0.4, 0.5) is 0 Å². The summed E-state index contributed by atoms with van der Waals surface area (Å²) in [6.07, 6.45) is 5.72. The summed E-state index contributed by atoms with van der Waals surface area (Å²) in [7, 11) is 0. The first kappa shape index (κ1) is 7.97. The molecule has 0 spiro atoms. The number of aromatic amines is 1. The van der Waals surface area contributed by atoms with Gasteiger partial charge in [-0.25, -0.2) is 9.97 Å². The fraction of sp³-hybridized carbons (Fsp3) is 0.455. The third kappa shape index (κ3) is 1.05. The van der Waals surface area contributed by atoms with E-state index < -0.39 is 0 Å². The number of hydrogen-bond donors (Lipinski definition) is 1. The zero-order valence-corrected chi connectivity index (χ0v) is 8.25. The predicted octanol–water partition coefficient (Wildman–Crippen LogP) is 2.53. The van der Waals surface area contributed by atoms with Gasteiger partial charge < -0.3 is 4.98 Å². The summed E-state index contributed by atoms with van der Waals surface area (Å²) in [4.78, 5) is 12.2. The molecule has 3 nitrogen and oxygen atoms in total. The number of hydrogen-bond acceptors (Lipinski definition) is 2. The summed E-state index contributed by atoms with van der Waals surface area (Å²) in [5, 5.41) is 0. The molecule has 14 heavy (non-hydrogen) atoms. The molecule has 1 fully saturated rings. The van der Waals surface area contributed by atoms with Crippen molar-refractivity contribution in [3.63, 3.8) is 0 Å². The number of aromatic nitrogens is 3. The Labute approximate surface area is 82.6 Å². The van der Waals surface area contributed by atoms with E-state index in [0.717, 1.165) is 17.0 Å². The van der Waals surface area contributed by atoms with Crippen molar-refractivity contribution in [1.82, 2.24) is 15.0 Å². The summed E-state index contributed by atoms with van der Waals surface area (Å²) in [5.74, 6) is 1.79. The highest BCUT2D eigenvalue weighted by molar-refractivity contribution is 5.74. The van der Waals surface area contributed by atoms with Gasteiger partial charge in [0.2, 0.25) is 0 Å². The molecule has 1 aliphatic rings. The van der Waals surface area contributed by atoms with Gasteiger partial charge in [-0.05, 0) is 31.4 Å². The lowest BCUT2D eigenvalue weighted by Crippen LogP contribution is -2.10. The molecular weight excluding hydrogens is 174 g/mol. The molecular formula is C11H13N3. The Hall–Kier alpha value is -1.38. The maximum Gasteiger partial charge on any atom is 0.177 e. The Bertz CT molecular complexity index is 468. The predicted molar refractivity (Wildman–Crippen MR) is 55.2 cm³/mol. The average molecular weight is 187 g/mol. The maximum absolute atomic E-state index is 4.53. The van der Waals surface area contributed by atoms with E-state index in [1.54, 1.807) is 0 Å². The topological polar surface area (TPSA) is 41.6 Å². The smallest absolute Gasteiger partial charge is 0.177 e. The quantitative estimate of drug-likeness (QED) is 0.745. The molecule has 0 bridgehead atoms. The Morgan fingerprint density at radius 2 is 2.29 bits per heavy atom. The molecule has 0 radical (unpaired) electrons. The number of imidazole rings is 1. The van der Waals surface area contributed by atoms with Gasteiger partial charge >= 0.3 is 0 Å². The van der Waals surface area contributed by atoms with Crippen LogP contribution in [-0.4, -0.2) is 15.0 Å². The Balaban J connectivity index is 2.15. The summed E-state index contributed by atoms with van der Waals surface area (Å²) in [6, 6.07) is 2.02. The van der Waals surface area contributed by atoms with Crippen molar-refractivity contribution < 1.29 is 0 Å². The molecule has 0 aromatic carbocycles. The molecule has 2 aromatic heterocycles. The number of rotatable bonds is 1. The van der Waals surface area contributed by atoms with Crippen LogP contribution in [0.2, 0.25) is 0 Å². The van der Waals surface area contributed by atoms with Gasteiger partial charge in [0.1, 0.15) is 5.82 Å². The normalized spacial score (nSPS) is 17.2. The zero-order chi connectivity index (χ0) is 9.54. The van der Waals surface area contributed by atoms with Crippen LogP contribution < -0.4 is 0 Å². The molecule has 2 heterocycles. The zero-order valence-electron chi connectivity index (χ0n) is 8.25. The minimum atomic E-state index is 0.656. The second-order valence-corrected chi connectivity index (χ2v) is 4.08. The van der Waals surface area contributed by atoms with Crippen molar-refractivity contribution in [3.8, 4) is 0 Å². The van der Waals surface area contributed by atoms with Gasteiger partial charge in [-0.1, -0.05) is 6.42 Å². The van der Waals surface area contributed by atoms with Gasteiger partial charge in [-0.2, -0.15) is 0 Å². The van der Waals surface area contributed by atoms with E-state index in [2.05, 4.69) is 21.9 Å². The Morgan fingerprint density at radius 1 is 1.43 bits per heavy atom. The molecule has 1 aliphatic carbocycles. The van der Waals surface area contributed by atoms with Gasteiger partial charge in [0, 0.05) is 12.1 Å². The van der Waals surface area contributed by atoms with Crippen molar-refractivity contribution in [3.05, 3.63) is 23.7 Å². The SMILES string of the molecule is Cc1ccnc2nc(C3CCC3)[nH]c12. The summed E-state index contributed by atoms with van der Waals surface area (Å²) >= 11 is 0. The van der Waals surface area contributed by atoms with Crippen molar-refractivity contribution in [1.29, 1.82) is 0 Å². The number of nitrogens with one attached hydrogen (secondary N) is 1.